The molecule has 4 heteroatoms. The topological polar surface area (TPSA) is 48.1 Å². The smallest absolute Gasteiger partial charge is 0.277 e. The Morgan fingerprint density at radius 3 is 2.50 bits per heavy atom. The Kier molecular flexibility index (Phi) is 4.53. The van der Waals surface area contributed by atoms with Crippen LogP contribution in [0.2, 0.25) is 0 Å². The summed E-state index contributed by atoms with van der Waals surface area (Å²) in [5.41, 5.74) is 5.66. The Morgan fingerprint density at radius 2 is 1.79 bits per heavy atom. The number of benzene rings is 3. The highest BCUT2D eigenvalue weighted by molar-refractivity contribution is 5.89. The van der Waals surface area contributed by atoms with E-state index in [0.717, 1.165) is 33.3 Å². The Hall–Kier alpha value is -3.66. The quantitative estimate of drug-likeness (QED) is 0.303. The second-order valence-corrected chi connectivity index (χ2v) is 6.78. The van der Waals surface area contributed by atoms with Crippen molar-refractivity contribution >= 4 is 22.7 Å². The standard InChI is InChI=1S/C24H20N2O2/c1-3-7-18-16-24(26(27)28)22(14-17(18)2)19-10-11-23-20(15-19)12-13-25(23)21-8-5-4-6-9-21/h3-16H,1-2H3/b7-3-. The molecule has 4 rings (SSSR count). The maximum atomic E-state index is 11.7. The highest BCUT2D eigenvalue weighted by Crippen LogP contribution is 2.35. The molecule has 1 aromatic heterocycles. The largest absolute Gasteiger partial charge is 0.317 e. The van der Waals surface area contributed by atoms with Gasteiger partial charge in [-0.2, -0.15) is 0 Å². The minimum Gasteiger partial charge on any atom is -0.317 e. The maximum absolute atomic E-state index is 11.7. The van der Waals surface area contributed by atoms with Crippen molar-refractivity contribution in [2.75, 3.05) is 0 Å². The highest BCUT2D eigenvalue weighted by atomic mass is 16.6. The molecule has 4 aromatic rings. The molecule has 3 aromatic carbocycles. The average Bonchev–Trinajstić information content (AvgIpc) is 3.13. The lowest BCUT2D eigenvalue weighted by molar-refractivity contribution is -0.384. The summed E-state index contributed by atoms with van der Waals surface area (Å²) in [5, 5.41) is 12.7. The van der Waals surface area contributed by atoms with Gasteiger partial charge >= 0.3 is 0 Å². The number of rotatable bonds is 4. The van der Waals surface area contributed by atoms with Crippen LogP contribution in [0.3, 0.4) is 0 Å². The molecule has 0 atom stereocenters. The number of aromatic nitrogens is 1. The predicted molar refractivity (Wildman–Crippen MR) is 115 cm³/mol. The van der Waals surface area contributed by atoms with Crippen molar-refractivity contribution in [3.8, 4) is 16.8 Å². The zero-order valence-corrected chi connectivity index (χ0v) is 15.8. The molecule has 0 fully saturated rings. The van der Waals surface area contributed by atoms with Crippen LogP contribution < -0.4 is 0 Å². The summed E-state index contributed by atoms with van der Waals surface area (Å²) in [7, 11) is 0. The van der Waals surface area contributed by atoms with Crippen molar-refractivity contribution in [3.63, 3.8) is 0 Å². The van der Waals surface area contributed by atoms with Gasteiger partial charge in [-0.1, -0.05) is 36.4 Å². The second-order valence-electron chi connectivity index (χ2n) is 6.78. The van der Waals surface area contributed by atoms with Gasteiger partial charge in [0.05, 0.1) is 16.0 Å². The third-order valence-corrected chi connectivity index (χ3v) is 4.96. The number of nitro benzene ring substituents is 1. The minimum atomic E-state index is -0.304. The van der Waals surface area contributed by atoms with Gasteiger partial charge in [-0.3, -0.25) is 10.1 Å². The molecule has 0 saturated heterocycles. The Labute approximate surface area is 163 Å². The zero-order valence-electron chi connectivity index (χ0n) is 15.8. The van der Waals surface area contributed by atoms with Gasteiger partial charge in [0.1, 0.15) is 0 Å². The Balaban J connectivity index is 1.86. The molecule has 0 aliphatic carbocycles. The highest BCUT2D eigenvalue weighted by Gasteiger charge is 2.18. The molecule has 0 amide bonds. The molecule has 0 spiro atoms. The number of allylic oxidation sites excluding steroid dienone is 1. The third kappa shape index (κ3) is 3.09. The SMILES string of the molecule is C/C=C\c1cc([N+](=O)[O-])c(-c2ccc3c(ccn3-c3ccccc3)c2)cc1C. The van der Waals surface area contributed by atoms with Crippen LogP contribution >= 0.6 is 0 Å². The van der Waals surface area contributed by atoms with Gasteiger partial charge in [0, 0.05) is 23.3 Å². The van der Waals surface area contributed by atoms with Gasteiger partial charge in [0.25, 0.3) is 5.69 Å². The summed E-state index contributed by atoms with van der Waals surface area (Å²) >= 11 is 0. The fraction of sp³-hybridized carbons (Fsp3) is 0.0833. The van der Waals surface area contributed by atoms with E-state index < -0.39 is 0 Å². The number of nitrogens with zero attached hydrogens (tertiary/aromatic N) is 2. The van der Waals surface area contributed by atoms with Crippen LogP contribution in [-0.4, -0.2) is 9.49 Å². The van der Waals surface area contributed by atoms with E-state index in [0.29, 0.717) is 5.56 Å². The molecular formula is C24H20N2O2. The number of nitro groups is 1. The summed E-state index contributed by atoms with van der Waals surface area (Å²) in [6, 6.07) is 21.7. The van der Waals surface area contributed by atoms with Crippen LogP contribution in [0.15, 0.2) is 79.0 Å². The zero-order chi connectivity index (χ0) is 19.7. The first kappa shape index (κ1) is 17.7. The summed E-state index contributed by atoms with van der Waals surface area (Å²) < 4.78 is 2.12. The Bertz CT molecular complexity index is 1200. The maximum Gasteiger partial charge on any atom is 0.277 e. The fourth-order valence-corrected chi connectivity index (χ4v) is 3.58. The summed E-state index contributed by atoms with van der Waals surface area (Å²) in [6.07, 6.45) is 5.82. The summed E-state index contributed by atoms with van der Waals surface area (Å²) in [4.78, 5) is 11.4. The average molecular weight is 368 g/mol. The van der Waals surface area contributed by atoms with Gasteiger partial charge in [0.15, 0.2) is 0 Å². The number of hydrogen-bond donors (Lipinski definition) is 0. The molecule has 4 nitrogen and oxygen atoms in total. The Morgan fingerprint density at radius 1 is 1.00 bits per heavy atom. The van der Waals surface area contributed by atoms with Crippen LogP contribution in [0.4, 0.5) is 5.69 Å². The lowest BCUT2D eigenvalue weighted by Gasteiger charge is -2.09. The second kappa shape index (κ2) is 7.16. The molecule has 0 aliphatic rings. The number of hydrogen-bond acceptors (Lipinski definition) is 2. The monoisotopic (exact) mass is 368 g/mol. The van der Waals surface area contributed by atoms with Crippen LogP contribution in [0.5, 0.6) is 0 Å². The molecule has 0 bridgehead atoms. The van der Waals surface area contributed by atoms with Gasteiger partial charge in [0.2, 0.25) is 0 Å². The molecule has 0 radical (unpaired) electrons. The van der Waals surface area contributed by atoms with Crippen LogP contribution in [0.1, 0.15) is 18.1 Å². The van der Waals surface area contributed by atoms with Gasteiger partial charge in [-0.15, -0.1) is 0 Å². The van der Waals surface area contributed by atoms with E-state index >= 15 is 0 Å². The van der Waals surface area contributed by atoms with E-state index in [9.17, 15) is 10.1 Å². The van der Waals surface area contributed by atoms with Gasteiger partial charge < -0.3 is 4.57 Å². The molecule has 138 valence electrons. The molecule has 28 heavy (non-hydrogen) atoms. The molecule has 0 aliphatic heterocycles. The lowest BCUT2D eigenvalue weighted by Crippen LogP contribution is -1.95. The van der Waals surface area contributed by atoms with E-state index in [1.807, 2.05) is 80.7 Å². The minimum absolute atomic E-state index is 0.126. The lowest BCUT2D eigenvalue weighted by atomic mass is 9.96. The molecule has 1 heterocycles. The van der Waals surface area contributed by atoms with Crippen molar-refractivity contribution in [3.05, 3.63) is 100 Å². The van der Waals surface area contributed by atoms with Crippen LogP contribution in [0.25, 0.3) is 33.8 Å². The first-order chi connectivity index (χ1) is 13.6. The van der Waals surface area contributed by atoms with Gasteiger partial charge in [-0.25, -0.2) is 0 Å². The summed E-state index contributed by atoms with van der Waals surface area (Å²) in [5.74, 6) is 0. The molecule has 0 saturated carbocycles. The molecule has 0 N–H and O–H groups in total. The van der Waals surface area contributed by atoms with Crippen molar-refractivity contribution in [2.24, 2.45) is 0 Å². The van der Waals surface area contributed by atoms with Crippen LogP contribution in [0, 0.1) is 17.0 Å². The fourth-order valence-electron chi connectivity index (χ4n) is 3.58. The first-order valence-electron chi connectivity index (χ1n) is 9.17. The van der Waals surface area contributed by atoms with E-state index in [-0.39, 0.29) is 10.6 Å². The molecule has 0 unspecified atom stereocenters. The van der Waals surface area contributed by atoms with E-state index in [1.54, 1.807) is 6.07 Å². The van der Waals surface area contributed by atoms with E-state index in [1.165, 1.54) is 0 Å². The van der Waals surface area contributed by atoms with Crippen molar-refractivity contribution in [1.29, 1.82) is 0 Å². The normalized spacial score (nSPS) is 11.4. The first-order valence-corrected chi connectivity index (χ1v) is 9.17. The summed E-state index contributed by atoms with van der Waals surface area (Å²) in [6.45, 7) is 3.89. The third-order valence-electron chi connectivity index (χ3n) is 4.96. The van der Waals surface area contributed by atoms with Crippen molar-refractivity contribution in [1.82, 2.24) is 4.57 Å². The number of fused-ring (bicyclic) bond motifs is 1. The van der Waals surface area contributed by atoms with Crippen molar-refractivity contribution in [2.45, 2.75) is 13.8 Å². The predicted octanol–water partition coefficient (Wildman–Crippen LogP) is 6.55. The van der Waals surface area contributed by atoms with Crippen LogP contribution in [-0.2, 0) is 0 Å². The van der Waals surface area contributed by atoms with Gasteiger partial charge in [-0.05, 0) is 66.9 Å². The molecular weight excluding hydrogens is 348 g/mol. The van der Waals surface area contributed by atoms with E-state index in [4.69, 9.17) is 0 Å². The number of aryl methyl sites for hydroxylation is 1. The van der Waals surface area contributed by atoms with Crippen molar-refractivity contribution < 1.29 is 4.92 Å². The van der Waals surface area contributed by atoms with E-state index in [2.05, 4.69) is 16.7 Å². The number of para-hydroxylation sites is 1.